The Kier molecular flexibility index (Phi) is 28.2. The van der Waals surface area contributed by atoms with Gasteiger partial charge in [-0.15, -0.1) is 0 Å². The molecule has 1 rings (SSSR count). The number of aliphatic hydroxyl groups is 6. The highest BCUT2D eigenvalue weighted by molar-refractivity contribution is 5.80. The number of allylic oxidation sites excluding steroid dienone is 3. The first-order valence-corrected chi connectivity index (χ1v) is 19.7. The molecule has 0 aromatic heterocycles. The van der Waals surface area contributed by atoms with Crippen LogP contribution in [0, 0.1) is 0 Å². The second-order valence-corrected chi connectivity index (χ2v) is 13.9. The zero-order valence-corrected chi connectivity index (χ0v) is 30.8. The first-order valence-electron chi connectivity index (χ1n) is 19.7. The highest BCUT2D eigenvalue weighted by Gasteiger charge is 2.44. The number of hydrogen-bond acceptors (Lipinski definition) is 9. The fraction of sp³-hybridized carbons (Fsp3) is 0.872. The third-order valence-electron chi connectivity index (χ3n) is 9.39. The van der Waals surface area contributed by atoms with Crippen molar-refractivity contribution in [1.82, 2.24) is 5.32 Å². The van der Waals surface area contributed by atoms with Crippen molar-refractivity contribution < 1.29 is 44.9 Å². The van der Waals surface area contributed by atoms with Crippen molar-refractivity contribution in [3.63, 3.8) is 0 Å². The van der Waals surface area contributed by atoms with Crippen molar-refractivity contribution in [2.24, 2.45) is 0 Å². The number of carbonyl (C=O) groups excluding carboxylic acids is 1. The number of ether oxygens (including phenoxy) is 2. The molecule has 0 saturated carbocycles. The van der Waals surface area contributed by atoms with E-state index >= 15 is 0 Å². The summed E-state index contributed by atoms with van der Waals surface area (Å²) < 4.78 is 11.1. The number of carbonyl (C=O) groups is 1. The molecule has 1 aliphatic heterocycles. The molecule has 7 N–H and O–H groups in total. The van der Waals surface area contributed by atoms with Crippen molar-refractivity contribution in [2.75, 3.05) is 13.2 Å². The topological polar surface area (TPSA) is 169 Å². The minimum Gasteiger partial charge on any atom is -0.394 e. The summed E-state index contributed by atoms with van der Waals surface area (Å²) in [6.07, 6.45) is 22.7. The van der Waals surface area contributed by atoms with E-state index in [4.69, 9.17) is 9.47 Å². The van der Waals surface area contributed by atoms with Crippen LogP contribution >= 0.6 is 0 Å². The third-order valence-corrected chi connectivity index (χ3v) is 9.39. The first-order chi connectivity index (χ1) is 23.8. The smallest absolute Gasteiger partial charge is 0.249 e. The molecule has 8 unspecified atom stereocenters. The number of nitrogens with one attached hydrogen (secondary N) is 1. The average Bonchev–Trinajstić information content (AvgIpc) is 3.10. The van der Waals surface area contributed by atoms with E-state index in [0.717, 1.165) is 32.1 Å². The van der Waals surface area contributed by atoms with Crippen molar-refractivity contribution in [1.29, 1.82) is 0 Å². The third kappa shape index (κ3) is 21.6. The van der Waals surface area contributed by atoms with Crippen LogP contribution in [0.4, 0.5) is 0 Å². The van der Waals surface area contributed by atoms with Crippen LogP contribution in [0.3, 0.4) is 0 Å². The molecule has 1 amide bonds. The van der Waals surface area contributed by atoms with Crippen LogP contribution in [0.2, 0.25) is 0 Å². The van der Waals surface area contributed by atoms with E-state index in [1.54, 1.807) is 6.08 Å². The molecular weight excluding hydrogens is 626 g/mol. The van der Waals surface area contributed by atoms with Gasteiger partial charge in [-0.25, -0.2) is 0 Å². The summed E-state index contributed by atoms with van der Waals surface area (Å²) in [6.45, 7) is 3.53. The Labute approximate surface area is 297 Å². The van der Waals surface area contributed by atoms with Gasteiger partial charge in [-0.05, 0) is 32.1 Å². The van der Waals surface area contributed by atoms with E-state index in [1.165, 1.54) is 89.9 Å². The molecule has 1 saturated heterocycles. The Bertz CT molecular complexity index is 839. The average molecular weight is 700 g/mol. The Morgan fingerprint density at radius 3 is 1.78 bits per heavy atom. The highest BCUT2D eigenvalue weighted by atomic mass is 16.7. The molecule has 49 heavy (non-hydrogen) atoms. The Morgan fingerprint density at radius 1 is 0.694 bits per heavy atom. The van der Waals surface area contributed by atoms with Gasteiger partial charge in [0.2, 0.25) is 5.91 Å². The van der Waals surface area contributed by atoms with Gasteiger partial charge in [-0.3, -0.25) is 4.79 Å². The summed E-state index contributed by atoms with van der Waals surface area (Å²) >= 11 is 0. The van der Waals surface area contributed by atoms with Gasteiger partial charge in [-0.2, -0.15) is 0 Å². The Hall–Kier alpha value is -1.37. The quantitative estimate of drug-likeness (QED) is 0.0352. The van der Waals surface area contributed by atoms with Crippen molar-refractivity contribution in [2.45, 2.75) is 204 Å². The maximum Gasteiger partial charge on any atom is 0.249 e. The molecule has 0 aliphatic carbocycles. The van der Waals surface area contributed by atoms with Gasteiger partial charge in [0.05, 0.1) is 25.4 Å². The summed E-state index contributed by atoms with van der Waals surface area (Å²) in [5.74, 6) is -0.629. The van der Waals surface area contributed by atoms with Gasteiger partial charge in [-0.1, -0.05) is 147 Å². The van der Waals surface area contributed by atoms with E-state index in [9.17, 15) is 35.4 Å². The fourth-order valence-corrected chi connectivity index (χ4v) is 6.06. The van der Waals surface area contributed by atoms with Crippen molar-refractivity contribution in [3.05, 3.63) is 24.3 Å². The molecular formula is C39H73NO9. The van der Waals surface area contributed by atoms with Crippen LogP contribution in [0.25, 0.3) is 0 Å². The number of hydrogen-bond donors (Lipinski definition) is 7. The van der Waals surface area contributed by atoms with Gasteiger partial charge >= 0.3 is 0 Å². The Morgan fingerprint density at radius 2 is 1.20 bits per heavy atom. The molecule has 288 valence electrons. The van der Waals surface area contributed by atoms with Crippen LogP contribution in [0.1, 0.15) is 155 Å². The lowest BCUT2D eigenvalue weighted by atomic mass is 9.99. The van der Waals surface area contributed by atoms with E-state index < -0.39 is 61.5 Å². The number of rotatable bonds is 31. The van der Waals surface area contributed by atoms with Crippen molar-refractivity contribution in [3.8, 4) is 0 Å². The van der Waals surface area contributed by atoms with Crippen LogP contribution in [0.5, 0.6) is 0 Å². The summed E-state index contributed by atoms with van der Waals surface area (Å²) in [4.78, 5) is 12.9. The van der Waals surface area contributed by atoms with Gasteiger partial charge in [0.1, 0.15) is 30.5 Å². The maximum absolute atomic E-state index is 12.9. The number of unbranched alkanes of at least 4 members (excludes halogenated alkanes) is 18. The largest absolute Gasteiger partial charge is 0.394 e. The number of aliphatic hydroxyl groups excluding tert-OH is 6. The normalized spacial score (nSPS) is 23.3. The summed E-state index contributed by atoms with van der Waals surface area (Å²) in [5, 5.41) is 64.2. The molecule has 8 atom stereocenters. The summed E-state index contributed by atoms with van der Waals surface area (Å²) in [7, 11) is 0. The lowest BCUT2D eigenvalue weighted by Crippen LogP contribution is -2.60. The van der Waals surface area contributed by atoms with Gasteiger partial charge in [0.25, 0.3) is 0 Å². The lowest BCUT2D eigenvalue weighted by molar-refractivity contribution is -0.302. The van der Waals surface area contributed by atoms with Gasteiger partial charge in [0.15, 0.2) is 6.29 Å². The molecule has 0 spiro atoms. The lowest BCUT2D eigenvalue weighted by Gasteiger charge is -2.40. The molecule has 10 heteroatoms. The van der Waals surface area contributed by atoms with Crippen LogP contribution in [-0.4, -0.2) is 98.7 Å². The number of amides is 1. The molecule has 1 heterocycles. The molecule has 1 aliphatic rings. The van der Waals surface area contributed by atoms with Gasteiger partial charge in [0, 0.05) is 0 Å². The van der Waals surface area contributed by atoms with E-state index in [0.29, 0.717) is 19.3 Å². The molecule has 0 aromatic carbocycles. The fourth-order valence-electron chi connectivity index (χ4n) is 6.06. The Balaban J connectivity index is 2.56. The maximum atomic E-state index is 12.9. The predicted octanol–water partition coefficient (Wildman–Crippen LogP) is 5.74. The van der Waals surface area contributed by atoms with E-state index in [1.807, 2.05) is 6.08 Å². The standard InChI is InChI=1S/C39H73NO9/c1-3-5-7-9-11-13-15-16-18-19-21-23-25-27-32(42)31(30-48-39-37(46)36(45)35(44)34(29-41)49-39)40-38(47)33(43)28-26-24-22-20-17-14-12-10-8-6-4-2/h18-19,25,27,31-37,39,41-46H,3-17,20-24,26,28-30H2,1-2H3,(H,40,47)/b19-18-,27-25-. The summed E-state index contributed by atoms with van der Waals surface area (Å²) in [6, 6.07) is -0.990. The first kappa shape index (κ1) is 45.7. The van der Waals surface area contributed by atoms with Crippen LogP contribution < -0.4 is 5.32 Å². The van der Waals surface area contributed by atoms with E-state index in [-0.39, 0.29) is 6.61 Å². The molecule has 0 radical (unpaired) electrons. The second kappa shape index (κ2) is 30.3. The molecule has 0 bridgehead atoms. The van der Waals surface area contributed by atoms with E-state index in [2.05, 4.69) is 31.3 Å². The highest BCUT2D eigenvalue weighted by Crippen LogP contribution is 2.22. The monoisotopic (exact) mass is 700 g/mol. The van der Waals surface area contributed by atoms with Gasteiger partial charge < -0.3 is 45.4 Å². The van der Waals surface area contributed by atoms with Crippen molar-refractivity contribution >= 4 is 5.91 Å². The second-order valence-electron chi connectivity index (χ2n) is 13.9. The SMILES string of the molecule is CCCCCCCCC/C=C\CC/C=C\C(O)C(COC1OC(CO)C(O)C(O)C1O)NC(=O)C(O)CCCCCCCCCCCCC. The summed E-state index contributed by atoms with van der Waals surface area (Å²) in [5.41, 5.74) is 0. The molecule has 0 aromatic rings. The molecule has 1 fully saturated rings. The molecule has 10 nitrogen and oxygen atoms in total. The zero-order valence-electron chi connectivity index (χ0n) is 30.8. The van der Waals surface area contributed by atoms with Crippen LogP contribution in [-0.2, 0) is 14.3 Å². The zero-order chi connectivity index (χ0) is 36.1. The van der Waals surface area contributed by atoms with Crippen LogP contribution in [0.15, 0.2) is 24.3 Å². The minimum absolute atomic E-state index is 0.306. The predicted molar refractivity (Wildman–Crippen MR) is 195 cm³/mol. The minimum atomic E-state index is -1.61.